The summed E-state index contributed by atoms with van der Waals surface area (Å²) in [5.74, 6) is -0.307. The molecule has 1 unspecified atom stereocenters. The fourth-order valence-corrected chi connectivity index (χ4v) is 5.11. The van der Waals surface area contributed by atoms with Gasteiger partial charge in [0.25, 0.3) is 5.56 Å². The SMILES string of the molecule is CCOC(=O)[C@H](C)NP(=O)(OC[C@@H]1C=C[C@H](n2ccc(=O)[nH]c2=O)O1)Oc1cccc2ccccc12. The summed E-state index contributed by atoms with van der Waals surface area (Å²) in [5.41, 5.74) is -1.15. The van der Waals surface area contributed by atoms with Gasteiger partial charge in [0.05, 0.1) is 13.2 Å². The van der Waals surface area contributed by atoms with E-state index in [1.165, 1.54) is 23.8 Å². The van der Waals surface area contributed by atoms with Gasteiger partial charge >= 0.3 is 19.4 Å². The van der Waals surface area contributed by atoms with Crippen LogP contribution < -0.4 is 20.9 Å². The maximum atomic E-state index is 13.8. The lowest BCUT2D eigenvalue weighted by Gasteiger charge is -2.24. The molecule has 2 heterocycles. The zero-order valence-corrected chi connectivity index (χ0v) is 20.6. The molecule has 0 aliphatic carbocycles. The van der Waals surface area contributed by atoms with Crippen LogP contribution in [0.15, 0.2) is 76.5 Å². The van der Waals surface area contributed by atoms with Gasteiger partial charge in [-0.3, -0.25) is 23.7 Å². The van der Waals surface area contributed by atoms with Crippen LogP contribution in [0.25, 0.3) is 10.8 Å². The monoisotopic (exact) mass is 515 g/mol. The average molecular weight is 515 g/mol. The molecular formula is C24H26N3O8P. The maximum Gasteiger partial charge on any atom is 0.459 e. The summed E-state index contributed by atoms with van der Waals surface area (Å²) >= 11 is 0. The van der Waals surface area contributed by atoms with E-state index in [2.05, 4.69) is 10.1 Å². The van der Waals surface area contributed by atoms with Crippen molar-refractivity contribution in [3.8, 4) is 5.75 Å². The Labute approximate surface area is 206 Å². The molecule has 4 atom stereocenters. The minimum atomic E-state index is -4.12. The Morgan fingerprint density at radius 3 is 2.72 bits per heavy atom. The minimum absolute atomic E-state index is 0.159. The fourth-order valence-electron chi connectivity index (χ4n) is 3.59. The molecule has 0 fully saturated rings. The van der Waals surface area contributed by atoms with Crippen molar-refractivity contribution in [1.82, 2.24) is 14.6 Å². The first-order valence-corrected chi connectivity index (χ1v) is 12.8. The summed E-state index contributed by atoms with van der Waals surface area (Å²) in [6, 6.07) is 12.9. The molecule has 1 aromatic heterocycles. The van der Waals surface area contributed by atoms with Crippen LogP contribution in [0.2, 0.25) is 0 Å². The predicted octanol–water partition coefficient (Wildman–Crippen LogP) is 2.89. The van der Waals surface area contributed by atoms with Crippen LogP contribution in [0.1, 0.15) is 20.1 Å². The van der Waals surface area contributed by atoms with Crippen molar-refractivity contribution in [2.24, 2.45) is 0 Å². The summed E-state index contributed by atoms with van der Waals surface area (Å²) in [4.78, 5) is 37.7. The number of esters is 1. The number of aromatic nitrogens is 2. The number of fused-ring (bicyclic) bond motifs is 1. The molecule has 2 N–H and O–H groups in total. The van der Waals surface area contributed by atoms with E-state index in [1.54, 1.807) is 31.2 Å². The third-order valence-electron chi connectivity index (χ3n) is 5.30. The van der Waals surface area contributed by atoms with Crippen LogP contribution in [-0.2, 0) is 23.4 Å². The lowest BCUT2D eigenvalue weighted by atomic mass is 10.1. The molecule has 3 aromatic rings. The number of carbonyl (C=O) groups is 1. The standard InChI is InChI=1S/C24H26N3O8P/c1-3-32-23(29)16(2)26-36(31,35-20-10-6-8-17-7-4-5-9-19(17)20)33-15-18-11-12-22(34-18)27-14-13-21(28)25-24(27)30/h4-14,16,18,22H,3,15H2,1-2H3,(H,26,31)(H,25,28,30)/t16-,18-,22+,36?/m0/s1. The molecule has 0 amide bonds. The molecule has 4 rings (SSSR count). The first kappa shape index (κ1) is 25.6. The molecule has 1 aliphatic heterocycles. The smallest absolute Gasteiger partial charge is 0.459 e. The van der Waals surface area contributed by atoms with Crippen molar-refractivity contribution in [1.29, 1.82) is 0 Å². The highest BCUT2D eigenvalue weighted by molar-refractivity contribution is 7.52. The Balaban J connectivity index is 1.51. The van der Waals surface area contributed by atoms with Gasteiger partial charge in [-0.2, -0.15) is 5.09 Å². The van der Waals surface area contributed by atoms with E-state index < -0.39 is 43.3 Å². The summed E-state index contributed by atoms with van der Waals surface area (Å²) < 4.78 is 37.3. The number of aromatic amines is 1. The van der Waals surface area contributed by atoms with Crippen LogP contribution in [0, 0.1) is 0 Å². The number of carbonyl (C=O) groups excluding carboxylic acids is 1. The largest absolute Gasteiger partial charge is 0.465 e. The molecule has 11 nitrogen and oxygen atoms in total. The number of hydrogen-bond donors (Lipinski definition) is 2. The Kier molecular flexibility index (Phi) is 7.85. The van der Waals surface area contributed by atoms with Gasteiger partial charge in [-0.05, 0) is 31.4 Å². The van der Waals surface area contributed by atoms with Crippen LogP contribution in [0.3, 0.4) is 0 Å². The van der Waals surface area contributed by atoms with Crippen molar-refractivity contribution in [3.05, 3.63) is 87.7 Å². The van der Waals surface area contributed by atoms with Crippen molar-refractivity contribution in [2.75, 3.05) is 13.2 Å². The predicted molar refractivity (Wildman–Crippen MR) is 132 cm³/mol. The summed E-state index contributed by atoms with van der Waals surface area (Å²) in [7, 11) is -4.12. The van der Waals surface area contributed by atoms with Crippen molar-refractivity contribution >= 4 is 24.5 Å². The Bertz CT molecular complexity index is 1430. The highest BCUT2D eigenvalue weighted by Gasteiger charge is 2.34. The summed E-state index contributed by atoms with van der Waals surface area (Å²) in [6.45, 7) is 3.11. The number of benzene rings is 2. The van der Waals surface area contributed by atoms with Gasteiger partial charge in [0.1, 0.15) is 17.9 Å². The molecule has 0 spiro atoms. The second-order valence-electron chi connectivity index (χ2n) is 7.93. The van der Waals surface area contributed by atoms with Gasteiger partial charge in [-0.1, -0.05) is 42.5 Å². The molecule has 0 bridgehead atoms. The molecule has 0 saturated carbocycles. The highest BCUT2D eigenvalue weighted by Crippen LogP contribution is 2.47. The number of nitrogens with zero attached hydrogens (tertiary/aromatic N) is 1. The average Bonchev–Trinajstić information content (AvgIpc) is 3.32. The normalized spacial score (nSPS) is 19.6. The summed E-state index contributed by atoms with van der Waals surface area (Å²) in [6.07, 6.45) is 3.10. The fraction of sp³-hybridized carbons (Fsp3) is 0.292. The first-order valence-electron chi connectivity index (χ1n) is 11.3. The molecule has 2 aromatic carbocycles. The van der Waals surface area contributed by atoms with E-state index in [4.69, 9.17) is 18.5 Å². The Morgan fingerprint density at radius 1 is 1.17 bits per heavy atom. The van der Waals surface area contributed by atoms with Crippen molar-refractivity contribution < 1.29 is 27.9 Å². The zero-order valence-electron chi connectivity index (χ0n) is 19.7. The number of H-pyrrole nitrogens is 1. The van der Waals surface area contributed by atoms with E-state index in [1.807, 2.05) is 30.3 Å². The lowest BCUT2D eigenvalue weighted by Crippen LogP contribution is -2.36. The van der Waals surface area contributed by atoms with Gasteiger partial charge in [-0.15, -0.1) is 0 Å². The highest BCUT2D eigenvalue weighted by atomic mass is 31.2. The van der Waals surface area contributed by atoms with Crippen molar-refractivity contribution in [2.45, 2.75) is 32.2 Å². The molecule has 36 heavy (non-hydrogen) atoms. The van der Waals surface area contributed by atoms with Crippen LogP contribution in [-0.4, -0.2) is 40.9 Å². The van der Waals surface area contributed by atoms with Gasteiger partial charge in [0.15, 0.2) is 6.23 Å². The second kappa shape index (κ2) is 11.0. The van der Waals surface area contributed by atoms with Crippen LogP contribution >= 0.6 is 7.75 Å². The van der Waals surface area contributed by atoms with E-state index in [-0.39, 0.29) is 13.2 Å². The van der Waals surface area contributed by atoms with Gasteiger partial charge < -0.3 is 14.0 Å². The number of nitrogens with one attached hydrogen (secondary N) is 2. The first-order chi connectivity index (χ1) is 17.3. The molecule has 0 radical (unpaired) electrons. The molecule has 0 saturated heterocycles. The van der Waals surface area contributed by atoms with E-state index in [0.29, 0.717) is 11.1 Å². The van der Waals surface area contributed by atoms with E-state index in [9.17, 15) is 18.9 Å². The Hall–Kier alpha value is -3.50. The quantitative estimate of drug-likeness (QED) is 0.237. The molecule has 1 aliphatic rings. The van der Waals surface area contributed by atoms with Crippen molar-refractivity contribution in [3.63, 3.8) is 0 Å². The number of ether oxygens (including phenoxy) is 2. The third-order valence-corrected chi connectivity index (χ3v) is 6.93. The second-order valence-corrected chi connectivity index (χ2v) is 9.63. The van der Waals surface area contributed by atoms with E-state index >= 15 is 0 Å². The zero-order chi connectivity index (χ0) is 25.7. The topological polar surface area (TPSA) is 138 Å². The molecule has 12 heteroatoms. The van der Waals surface area contributed by atoms with Gasteiger partial charge in [-0.25, -0.2) is 9.36 Å². The summed E-state index contributed by atoms with van der Waals surface area (Å²) in [5, 5.41) is 4.22. The number of rotatable bonds is 10. The minimum Gasteiger partial charge on any atom is -0.465 e. The number of hydrogen-bond acceptors (Lipinski definition) is 8. The lowest BCUT2D eigenvalue weighted by molar-refractivity contribution is -0.144. The molecule has 190 valence electrons. The molecular weight excluding hydrogens is 489 g/mol. The maximum absolute atomic E-state index is 13.8. The Morgan fingerprint density at radius 2 is 1.94 bits per heavy atom. The third kappa shape index (κ3) is 6.00. The van der Waals surface area contributed by atoms with Gasteiger partial charge in [0.2, 0.25) is 0 Å². The van der Waals surface area contributed by atoms with Gasteiger partial charge in [0, 0.05) is 17.6 Å². The van der Waals surface area contributed by atoms with Crippen LogP contribution in [0.5, 0.6) is 5.75 Å². The van der Waals surface area contributed by atoms with Crippen LogP contribution in [0.4, 0.5) is 0 Å². The van der Waals surface area contributed by atoms with E-state index in [0.717, 1.165) is 5.39 Å².